The number of nitrogens with two attached hydrogens (primary N) is 2. The third-order valence-electron chi connectivity index (χ3n) is 7.51. The second-order valence-corrected chi connectivity index (χ2v) is 11.5. The molecule has 0 heterocycles. The lowest BCUT2D eigenvalue weighted by Gasteiger charge is -2.14. The van der Waals surface area contributed by atoms with Crippen molar-refractivity contribution in [2.45, 2.75) is 135 Å². The van der Waals surface area contributed by atoms with Gasteiger partial charge in [-0.25, -0.2) is 10.6 Å². The number of carbonyl (C=O) groups is 4. The zero-order valence-electron chi connectivity index (χ0n) is 28.3. The molecule has 46 heavy (non-hydrogen) atoms. The summed E-state index contributed by atoms with van der Waals surface area (Å²) in [6.45, 7) is 3.17. The Kier molecular flexibility index (Phi) is 29.9. The first-order valence-corrected chi connectivity index (χ1v) is 17.3. The van der Waals surface area contributed by atoms with Crippen LogP contribution < -0.4 is 33.1 Å². The topological polar surface area (TPSA) is 219 Å². The van der Waals surface area contributed by atoms with Crippen molar-refractivity contribution in [2.24, 2.45) is 16.8 Å². The largest absolute Gasteiger partial charge is 0.480 e. The van der Waals surface area contributed by atoms with Crippen LogP contribution in [0, 0.1) is 0 Å². The summed E-state index contributed by atoms with van der Waals surface area (Å²) in [5.74, 6) is 9.55. The minimum atomic E-state index is -1.11. The quantitative estimate of drug-likeness (QED) is 0.0184. The number of aliphatic carboxylic acids is 1. The van der Waals surface area contributed by atoms with Gasteiger partial charge in [0, 0.05) is 32.4 Å². The molecule has 268 valence electrons. The molecule has 1 unspecified atom stereocenters. The van der Waals surface area contributed by atoms with Gasteiger partial charge in [0.15, 0.2) is 0 Å². The summed E-state index contributed by atoms with van der Waals surface area (Å²) in [6.07, 6.45) is 18.7. The molecular formula is C32H63N7O7. The molecule has 0 aliphatic rings. The fraction of sp³-hybridized carbons (Fsp3) is 0.844. The lowest BCUT2D eigenvalue weighted by molar-refractivity contribution is -0.142. The normalized spacial score (nSPS) is 12.0. The molecule has 0 aromatic carbocycles. The van der Waals surface area contributed by atoms with Crippen LogP contribution in [0.4, 0.5) is 0 Å². The summed E-state index contributed by atoms with van der Waals surface area (Å²) in [4.78, 5) is 46.6. The monoisotopic (exact) mass is 657 g/mol. The number of rotatable bonds is 32. The number of amidine groups is 1. The Morgan fingerprint density at radius 3 is 1.76 bits per heavy atom. The highest BCUT2D eigenvalue weighted by atomic mass is 16.5. The Labute approximate surface area is 275 Å². The van der Waals surface area contributed by atoms with Crippen LogP contribution in [0.1, 0.15) is 129 Å². The van der Waals surface area contributed by atoms with Crippen molar-refractivity contribution in [3.8, 4) is 0 Å². The van der Waals surface area contributed by atoms with Crippen molar-refractivity contribution in [3.05, 3.63) is 0 Å². The molecule has 1 atom stereocenters. The van der Waals surface area contributed by atoms with Gasteiger partial charge in [0.25, 0.3) is 0 Å². The molecule has 0 aliphatic carbocycles. The summed E-state index contributed by atoms with van der Waals surface area (Å²) < 4.78 is 10.7. The molecule has 0 bridgehead atoms. The molecule has 0 aromatic heterocycles. The molecule has 14 heteroatoms. The van der Waals surface area contributed by atoms with Crippen molar-refractivity contribution >= 4 is 29.5 Å². The Morgan fingerprint density at radius 1 is 0.674 bits per heavy atom. The van der Waals surface area contributed by atoms with Crippen LogP contribution in [-0.4, -0.2) is 80.2 Å². The van der Waals surface area contributed by atoms with Gasteiger partial charge in [0.1, 0.15) is 18.5 Å². The van der Waals surface area contributed by atoms with E-state index in [1.165, 1.54) is 57.8 Å². The van der Waals surface area contributed by atoms with E-state index in [1.807, 2.05) is 0 Å². The zero-order valence-corrected chi connectivity index (χ0v) is 28.3. The van der Waals surface area contributed by atoms with E-state index in [0.717, 1.165) is 32.1 Å². The average Bonchev–Trinajstić information content (AvgIpc) is 3.04. The zero-order chi connectivity index (χ0) is 34.1. The van der Waals surface area contributed by atoms with E-state index in [2.05, 4.69) is 26.5 Å². The summed E-state index contributed by atoms with van der Waals surface area (Å²) in [5.41, 5.74) is 2.51. The fourth-order valence-corrected chi connectivity index (χ4v) is 4.75. The number of nitrogens with one attached hydrogen (secondary N) is 4. The highest BCUT2D eigenvalue weighted by Crippen LogP contribution is 2.13. The van der Waals surface area contributed by atoms with Gasteiger partial charge in [0.2, 0.25) is 17.7 Å². The maximum atomic E-state index is 12.0. The van der Waals surface area contributed by atoms with E-state index < -0.39 is 17.9 Å². The maximum Gasteiger partial charge on any atom is 0.326 e. The highest BCUT2D eigenvalue weighted by molar-refractivity contribution is 5.84. The second kappa shape index (κ2) is 32.0. The van der Waals surface area contributed by atoms with E-state index in [9.17, 15) is 24.3 Å². The molecular weight excluding hydrogens is 594 g/mol. The van der Waals surface area contributed by atoms with Crippen LogP contribution in [0.2, 0.25) is 0 Å². The van der Waals surface area contributed by atoms with Crippen LogP contribution in [0.3, 0.4) is 0 Å². The van der Waals surface area contributed by atoms with Crippen LogP contribution >= 0.6 is 0 Å². The summed E-state index contributed by atoms with van der Waals surface area (Å²) >= 11 is 0. The minimum Gasteiger partial charge on any atom is -0.480 e. The summed E-state index contributed by atoms with van der Waals surface area (Å²) in [6, 6.07) is -1.00. The number of unbranched alkanes of at least 4 members (excludes halogenated alkanes) is 13. The van der Waals surface area contributed by atoms with Crippen LogP contribution in [-0.2, 0) is 28.7 Å². The molecule has 0 saturated heterocycles. The lowest BCUT2D eigenvalue weighted by Crippen LogP contribution is -2.42. The van der Waals surface area contributed by atoms with E-state index in [1.54, 1.807) is 6.92 Å². The minimum absolute atomic E-state index is 0.0271. The van der Waals surface area contributed by atoms with Gasteiger partial charge in [-0.3, -0.25) is 14.4 Å². The SMILES string of the molecule is CCC(=O)NCCCCC(NC(=O)COCCOCCNC(=O)CCCCCCCCCCCCCCC/C(=N/N)NN)C(=O)O. The molecule has 0 spiro atoms. The van der Waals surface area contributed by atoms with Crippen molar-refractivity contribution in [3.63, 3.8) is 0 Å². The molecule has 0 aromatic rings. The Bertz CT molecular complexity index is 831. The van der Waals surface area contributed by atoms with Gasteiger partial charge in [-0.1, -0.05) is 77.6 Å². The first-order chi connectivity index (χ1) is 22.3. The van der Waals surface area contributed by atoms with E-state index in [0.29, 0.717) is 51.2 Å². The number of ether oxygens (including phenoxy) is 2. The average molecular weight is 658 g/mol. The number of carbonyl (C=O) groups excluding carboxylic acids is 3. The van der Waals surface area contributed by atoms with E-state index in [-0.39, 0.29) is 38.1 Å². The number of carboxylic acid groups (broad SMARTS) is 1. The maximum absolute atomic E-state index is 12.0. The van der Waals surface area contributed by atoms with Gasteiger partial charge >= 0.3 is 5.97 Å². The molecule has 0 saturated carbocycles. The van der Waals surface area contributed by atoms with Crippen LogP contribution in [0.15, 0.2) is 5.10 Å². The van der Waals surface area contributed by atoms with Crippen molar-refractivity contribution in [1.82, 2.24) is 21.4 Å². The molecule has 3 amide bonds. The molecule has 0 fully saturated rings. The number of hydrogen-bond acceptors (Lipinski definition) is 9. The standard InChI is InChI=1S/C32H63N7O7/c1-2-29(40)35-21-17-16-18-27(32(43)44)37-31(42)26-46-25-24-45-23-22-36-30(41)20-15-13-11-9-7-5-3-4-6-8-10-12-14-19-28(38-33)39-34/h27H,2-26,33-34H2,1H3,(H,35,40)(H,36,41)(H,37,42)(H,38,39)(H,43,44). The first-order valence-electron chi connectivity index (χ1n) is 17.3. The lowest BCUT2D eigenvalue weighted by atomic mass is 10.0. The van der Waals surface area contributed by atoms with Crippen LogP contribution in [0.5, 0.6) is 0 Å². The smallest absolute Gasteiger partial charge is 0.326 e. The highest BCUT2D eigenvalue weighted by Gasteiger charge is 2.19. The predicted octanol–water partition coefficient (Wildman–Crippen LogP) is 2.99. The summed E-state index contributed by atoms with van der Waals surface area (Å²) in [5, 5.41) is 20.9. The number of hydrazine groups is 1. The van der Waals surface area contributed by atoms with Crippen molar-refractivity contribution in [2.75, 3.05) is 39.5 Å². The molecule has 0 radical (unpaired) electrons. The van der Waals surface area contributed by atoms with Gasteiger partial charge in [0.05, 0.1) is 19.8 Å². The number of hydrazone groups is 1. The number of carboxylic acids is 1. The first kappa shape index (κ1) is 43.0. The van der Waals surface area contributed by atoms with Gasteiger partial charge in [-0.15, -0.1) is 0 Å². The Morgan fingerprint density at radius 2 is 1.22 bits per heavy atom. The van der Waals surface area contributed by atoms with Gasteiger partial charge in [-0.05, 0) is 32.1 Å². The van der Waals surface area contributed by atoms with Gasteiger partial charge < -0.3 is 41.8 Å². The Balaban J connectivity index is 3.51. The number of amides is 3. The van der Waals surface area contributed by atoms with Crippen molar-refractivity contribution in [1.29, 1.82) is 0 Å². The Hall–Kier alpha value is -2.97. The van der Waals surface area contributed by atoms with Gasteiger partial charge in [-0.2, -0.15) is 5.10 Å². The third-order valence-corrected chi connectivity index (χ3v) is 7.51. The van der Waals surface area contributed by atoms with Crippen LogP contribution in [0.25, 0.3) is 0 Å². The molecule has 9 N–H and O–H groups in total. The summed E-state index contributed by atoms with van der Waals surface area (Å²) in [7, 11) is 0. The number of hydrogen-bond donors (Lipinski definition) is 7. The predicted molar refractivity (Wildman–Crippen MR) is 180 cm³/mol. The molecule has 14 nitrogen and oxygen atoms in total. The van der Waals surface area contributed by atoms with E-state index >= 15 is 0 Å². The molecule has 0 aliphatic heterocycles. The number of nitrogens with zero attached hydrogens (tertiary/aromatic N) is 1. The van der Waals surface area contributed by atoms with E-state index in [4.69, 9.17) is 21.2 Å². The van der Waals surface area contributed by atoms with Crippen molar-refractivity contribution < 1.29 is 33.8 Å². The fourth-order valence-electron chi connectivity index (χ4n) is 4.75. The second-order valence-electron chi connectivity index (χ2n) is 11.5. The molecule has 0 rings (SSSR count). The third kappa shape index (κ3) is 28.5.